The zero-order valence-electron chi connectivity index (χ0n) is 30.2. The van der Waals surface area contributed by atoms with Gasteiger partial charge in [-0.15, -0.1) is 0 Å². The summed E-state index contributed by atoms with van der Waals surface area (Å²) in [6.45, 7) is 9.10. The number of carbonyl (C=O) groups excluding carboxylic acids is 3. The van der Waals surface area contributed by atoms with E-state index in [0.717, 1.165) is 18.6 Å². The van der Waals surface area contributed by atoms with Gasteiger partial charge in [-0.2, -0.15) is 13.2 Å². The van der Waals surface area contributed by atoms with Crippen molar-refractivity contribution in [2.24, 2.45) is 5.92 Å². The highest BCUT2D eigenvalue weighted by atomic mass is 19.4. The molecule has 1 aliphatic rings. The maximum atomic E-state index is 14.4. The van der Waals surface area contributed by atoms with E-state index in [1.807, 2.05) is 13.8 Å². The minimum Gasteiger partial charge on any atom is -0.490 e. The predicted molar refractivity (Wildman–Crippen MR) is 189 cm³/mol. The normalized spacial score (nSPS) is 19.5. The van der Waals surface area contributed by atoms with Crippen LogP contribution in [0.2, 0.25) is 0 Å². The number of rotatable bonds is 7. The molecule has 4 atom stereocenters. The Bertz CT molecular complexity index is 1660. The van der Waals surface area contributed by atoms with Crippen molar-refractivity contribution >= 4 is 35.0 Å². The number of ether oxygens (including phenoxy) is 2. The van der Waals surface area contributed by atoms with Gasteiger partial charge in [-0.3, -0.25) is 4.79 Å². The van der Waals surface area contributed by atoms with E-state index in [2.05, 4.69) is 21.1 Å². The third kappa shape index (κ3) is 10.6. The Morgan fingerprint density at radius 1 is 1.06 bits per heavy atom. The highest BCUT2D eigenvalue weighted by Gasteiger charge is 2.32. The molecule has 0 unspecified atom stereocenters. The quantitative estimate of drug-likeness (QED) is 0.204. The number of aliphatic hydroxyl groups is 1. The average molecular weight is 733 g/mol. The van der Waals surface area contributed by atoms with Crippen LogP contribution >= 0.6 is 0 Å². The molecule has 0 saturated heterocycles. The molecule has 0 bridgehead atoms. The molecule has 284 valence electrons. The first-order valence-electron chi connectivity index (χ1n) is 17.1. The van der Waals surface area contributed by atoms with E-state index in [1.165, 1.54) is 28.0 Å². The van der Waals surface area contributed by atoms with Crippen LogP contribution in [0.3, 0.4) is 0 Å². The molecule has 4 N–H and O–H groups in total. The lowest BCUT2D eigenvalue weighted by Gasteiger charge is -2.35. The number of nitrogens with zero attached hydrogens (tertiary/aromatic N) is 3. The van der Waals surface area contributed by atoms with Gasteiger partial charge in [0, 0.05) is 44.0 Å². The second kappa shape index (κ2) is 17.6. The standard InChI is InChI=1S/C36H47F3N6O7/c1-21-18-45(22(2)20-46)33(47)29-17-28(40-34(48)42-32-24(4)43-52-25(32)5)14-15-30(29)51-23(3)9-7-8-16-50-31(21)19-44(6)35(49)41-27-12-10-26(11-13-27)36(37,38)39/h10-15,17,21-23,31,46H,7-9,16,18-20H2,1-6H3,(H,41,49)(H2,40,42,48)/t21-,22+,23+,31+/m0/s1. The first kappa shape index (κ1) is 39.9. The zero-order valence-corrected chi connectivity index (χ0v) is 30.2. The molecule has 2 heterocycles. The number of hydrogen-bond donors (Lipinski definition) is 4. The van der Waals surface area contributed by atoms with Crippen molar-refractivity contribution in [1.82, 2.24) is 15.0 Å². The average Bonchev–Trinajstić information content (AvgIpc) is 3.41. The van der Waals surface area contributed by atoms with E-state index < -0.39 is 41.9 Å². The van der Waals surface area contributed by atoms with Crippen LogP contribution < -0.4 is 20.7 Å². The number of urea groups is 2. The number of amides is 5. The smallest absolute Gasteiger partial charge is 0.416 e. The van der Waals surface area contributed by atoms with Crippen LogP contribution in [0.5, 0.6) is 5.75 Å². The fourth-order valence-electron chi connectivity index (χ4n) is 5.71. The maximum absolute atomic E-state index is 14.4. The Labute approximate surface area is 300 Å². The van der Waals surface area contributed by atoms with E-state index in [1.54, 1.807) is 40.0 Å². The first-order chi connectivity index (χ1) is 24.6. The van der Waals surface area contributed by atoms with Crippen molar-refractivity contribution in [3.8, 4) is 5.75 Å². The van der Waals surface area contributed by atoms with E-state index in [4.69, 9.17) is 14.0 Å². The summed E-state index contributed by atoms with van der Waals surface area (Å²) in [5.41, 5.74) is 0.804. The molecule has 1 aliphatic heterocycles. The summed E-state index contributed by atoms with van der Waals surface area (Å²) in [6, 6.07) is 7.19. The number of hydrogen-bond acceptors (Lipinski definition) is 8. The summed E-state index contributed by atoms with van der Waals surface area (Å²) in [7, 11) is 1.55. The van der Waals surface area contributed by atoms with E-state index in [9.17, 15) is 32.7 Å². The van der Waals surface area contributed by atoms with Gasteiger partial charge in [0.1, 0.15) is 17.1 Å². The summed E-state index contributed by atoms with van der Waals surface area (Å²) in [5, 5.41) is 22.1. The summed E-state index contributed by atoms with van der Waals surface area (Å²) in [5.74, 6) is -0.0471. The minimum atomic E-state index is -4.50. The van der Waals surface area contributed by atoms with Crippen LogP contribution in [0.1, 0.15) is 67.4 Å². The first-order valence-corrected chi connectivity index (χ1v) is 17.1. The monoisotopic (exact) mass is 732 g/mol. The molecule has 16 heteroatoms. The molecule has 0 fully saturated rings. The van der Waals surface area contributed by atoms with Crippen LogP contribution in [-0.4, -0.2) is 89.6 Å². The SMILES string of the molecule is Cc1noc(C)c1NC(=O)Nc1ccc2c(c1)C(=O)N([C@H](C)CO)C[C@H](C)[C@@H](CN(C)C(=O)Nc1ccc(C(F)(F)F)cc1)OCCCC[C@@H](C)O2. The molecule has 52 heavy (non-hydrogen) atoms. The van der Waals surface area contributed by atoms with Gasteiger partial charge in [-0.1, -0.05) is 12.1 Å². The van der Waals surface area contributed by atoms with Crippen molar-refractivity contribution < 1.29 is 46.7 Å². The molecule has 0 radical (unpaired) electrons. The third-order valence-electron chi connectivity index (χ3n) is 8.85. The largest absolute Gasteiger partial charge is 0.490 e. The van der Waals surface area contributed by atoms with Crippen molar-refractivity contribution in [2.75, 3.05) is 49.3 Å². The number of aryl methyl sites for hydroxylation is 2. The lowest BCUT2D eigenvalue weighted by Crippen LogP contribution is -2.48. The molecule has 5 amide bonds. The van der Waals surface area contributed by atoms with Gasteiger partial charge < -0.3 is 44.9 Å². The Kier molecular flexibility index (Phi) is 13.5. The third-order valence-corrected chi connectivity index (χ3v) is 8.85. The zero-order chi connectivity index (χ0) is 38.2. The molecule has 0 aliphatic carbocycles. The Balaban J connectivity index is 1.56. The van der Waals surface area contributed by atoms with Gasteiger partial charge in [0.15, 0.2) is 5.76 Å². The van der Waals surface area contributed by atoms with Crippen molar-refractivity contribution in [2.45, 2.75) is 78.3 Å². The van der Waals surface area contributed by atoms with Gasteiger partial charge in [-0.25, -0.2) is 9.59 Å². The van der Waals surface area contributed by atoms with E-state index in [0.29, 0.717) is 48.0 Å². The van der Waals surface area contributed by atoms with E-state index in [-0.39, 0.29) is 43.0 Å². The summed E-state index contributed by atoms with van der Waals surface area (Å²) in [6.07, 6.45) is -3.21. The van der Waals surface area contributed by atoms with Crippen LogP contribution in [-0.2, 0) is 10.9 Å². The molecular formula is C36H47F3N6O7. The highest BCUT2D eigenvalue weighted by molar-refractivity contribution is 6.03. The van der Waals surface area contributed by atoms with Crippen molar-refractivity contribution in [3.05, 3.63) is 65.0 Å². The van der Waals surface area contributed by atoms with Crippen LogP contribution in [0.15, 0.2) is 47.0 Å². The van der Waals surface area contributed by atoms with Crippen molar-refractivity contribution in [1.29, 1.82) is 0 Å². The van der Waals surface area contributed by atoms with Gasteiger partial charge >= 0.3 is 18.2 Å². The second-order valence-corrected chi connectivity index (χ2v) is 13.2. The summed E-state index contributed by atoms with van der Waals surface area (Å²) < 4.78 is 56.6. The molecule has 4 rings (SSSR count). The number of fused-ring (bicyclic) bond motifs is 1. The highest BCUT2D eigenvalue weighted by Crippen LogP contribution is 2.31. The number of benzene rings is 2. The Hall–Kier alpha value is -4.83. The molecule has 1 aromatic heterocycles. The number of carbonyl (C=O) groups is 3. The van der Waals surface area contributed by atoms with E-state index >= 15 is 0 Å². The lowest BCUT2D eigenvalue weighted by atomic mass is 10.0. The molecule has 3 aromatic rings. The molecule has 0 saturated carbocycles. The van der Waals surface area contributed by atoms with Gasteiger partial charge in [-0.05, 0) is 89.4 Å². The Morgan fingerprint density at radius 2 is 1.75 bits per heavy atom. The van der Waals surface area contributed by atoms with Gasteiger partial charge in [0.25, 0.3) is 5.91 Å². The maximum Gasteiger partial charge on any atom is 0.416 e. The number of likely N-dealkylation sites (N-methyl/N-ethyl adjacent to an activating group) is 1. The van der Waals surface area contributed by atoms with Crippen LogP contribution in [0.4, 0.5) is 39.8 Å². The molecule has 13 nitrogen and oxygen atoms in total. The predicted octanol–water partition coefficient (Wildman–Crippen LogP) is 6.91. The van der Waals surface area contributed by atoms with Crippen molar-refractivity contribution in [3.63, 3.8) is 0 Å². The number of aliphatic hydroxyl groups excluding tert-OH is 1. The number of halogens is 3. The summed E-state index contributed by atoms with van der Waals surface area (Å²) >= 11 is 0. The fraction of sp³-hybridized carbons (Fsp3) is 0.500. The van der Waals surface area contributed by atoms with Crippen LogP contribution in [0.25, 0.3) is 0 Å². The lowest BCUT2D eigenvalue weighted by molar-refractivity contribution is -0.137. The molecule has 2 aromatic carbocycles. The number of alkyl halides is 3. The summed E-state index contributed by atoms with van der Waals surface area (Å²) in [4.78, 5) is 43.3. The number of anilines is 3. The molecule has 0 spiro atoms. The van der Waals surface area contributed by atoms with Gasteiger partial charge in [0.05, 0.1) is 36.0 Å². The number of nitrogens with one attached hydrogen (secondary N) is 3. The second-order valence-electron chi connectivity index (χ2n) is 13.2. The number of aromatic nitrogens is 1. The Morgan fingerprint density at radius 3 is 2.38 bits per heavy atom. The van der Waals surface area contributed by atoms with Crippen LogP contribution in [0, 0.1) is 19.8 Å². The topological polar surface area (TPSA) is 158 Å². The fourth-order valence-corrected chi connectivity index (χ4v) is 5.71. The molecular weight excluding hydrogens is 685 g/mol. The van der Waals surface area contributed by atoms with Gasteiger partial charge in [0.2, 0.25) is 0 Å². The minimum absolute atomic E-state index is 0.105.